The quantitative estimate of drug-likeness (QED) is 0.471. The second kappa shape index (κ2) is 6.75. The third kappa shape index (κ3) is 3.93. The lowest BCUT2D eigenvalue weighted by Crippen LogP contribution is -2.45. The van der Waals surface area contributed by atoms with Crippen LogP contribution >= 0.6 is 23.5 Å². The molecule has 7 nitrogen and oxygen atoms in total. The van der Waals surface area contributed by atoms with Crippen LogP contribution in [0.3, 0.4) is 0 Å². The van der Waals surface area contributed by atoms with E-state index in [1.807, 2.05) is 0 Å². The van der Waals surface area contributed by atoms with Crippen molar-refractivity contribution in [1.82, 2.24) is 9.35 Å². The molecular weight excluding hydrogens is 362 g/mol. The molecule has 10 heteroatoms. The molecule has 1 aliphatic heterocycles. The predicted octanol–water partition coefficient (Wildman–Crippen LogP) is 3.04. The molecule has 1 aromatic rings. The molecule has 1 fully saturated rings. The van der Waals surface area contributed by atoms with Crippen LogP contribution in [0.1, 0.15) is 32.1 Å². The van der Waals surface area contributed by atoms with Gasteiger partial charge in [0.1, 0.15) is 4.90 Å². The summed E-state index contributed by atoms with van der Waals surface area (Å²) in [5, 5.41) is 21.2. The van der Waals surface area contributed by atoms with E-state index < -0.39 is 10.0 Å². The van der Waals surface area contributed by atoms with Crippen LogP contribution in [0, 0.1) is 5.92 Å². The summed E-state index contributed by atoms with van der Waals surface area (Å²) in [4.78, 5) is 0.283. The molecule has 128 valence electrons. The molecule has 1 heterocycles. The Morgan fingerprint density at radius 1 is 1.30 bits per heavy atom. The summed E-state index contributed by atoms with van der Waals surface area (Å²) in [6.07, 6.45) is 5.06. The topological polar surface area (TPSA) is 102 Å². The first kappa shape index (κ1) is 17.3. The van der Waals surface area contributed by atoms with Gasteiger partial charge in [-0.1, -0.05) is 37.3 Å². The summed E-state index contributed by atoms with van der Waals surface area (Å²) < 4.78 is 27.5. The van der Waals surface area contributed by atoms with E-state index in [2.05, 4.69) is 10.0 Å². The van der Waals surface area contributed by atoms with Crippen LogP contribution < -0.4 is 10.0 Å². The number of halogens is 1. The highest BCUT2D eigenvalue weighted by Crippen LogP contribution is 2.38. The number of hydrogen-bond acceptors (Lipinski definition) is 7. The van der Waals surface area contributed by atoms with Gasteiger partial charge in [0.2, 0.25) is 10.0 Å². The van der Waals surface area contributed by atoms with E-state index in [1.165, 1.54) is 25.0 Å². The van der Waals surface area contributed by atoms with E-state index in [0.717, 1.165) is 19.3 Å². The fourth-order valence-electron chi connectivity index (χ4n) is 3.18. The number of sulfonamides is 1. The minimum atomic E-state index is -3.67. The van der Waals surface area contributed by atoms with E-state index >= 15 is 0 Å². The van der Waals surface area contributed by atoms with Crippen molar-refractivity contribution in [3.63, 3.8) is 0 Å². The maximum absolute atomic E-state index is 12.5. The Balaban J connectivity index is 1.87. The molecule has 1 saturated carbocycles. The maximum atomic E-state index is 12.5. The highest BCUT2D eigenvalue weighted by Gasteiger charge is 2.32. The molecule has 0 bridgehead atoms. The van der Waals surface area contributed by atoms with Crippen molar-refractivity contribution in [3.8, 4) is 0 Å². The van der Waals surface area contributed by atoms with Gasteiger partial charge in [0.25, 0.3) is 0 Å². The third-order valence-corrected chi connectivity index (χ3v) is 6.81. The van der Waals surface area contributed by atoms with Gasteiger partial charge >= 0.3 is 0 Å². The van der Waals surface area contributed by atoms with Crippen molar-refractivity contribution in [2.75, 3.05) is 5.32 Å². The minimum absolute atomic E-state index is 0.0499. The van der Waals surface area contributed by atoms with Crippen LogP contribution in [-0.2, 0) is 10.0 Å². The average molecular weight is 380 g/mol. The van der Waals surface area contributed by atoms with Crippen molar-refractivity contribution >= 4 is 39.3 Å². The fourth-order valence-corrected chi connectivity index (χ4v) is 5.35. The normalized spacial score (nSPS) is 23.7. The molecule has 1 unspecified atom stereocenters. The van der Waals surface area contributed by atoms with Gasteiger partial charge in [-0.25, -0.2) is 8.42 Å². The lowest BCUT2D eigenvalue weighted by molar-refractivity contribution is -0.216. The summed E-state index contributed by atoms with van der Waals surface area (Å²) >= 11 is 6.61. The molecule has 1 aliphatic carbocycles. The minimum Gasteiger partial charge on any atom is -0.368 e. The number of nitrogens with zero attached hydrogens (tertiary/aromatic N) is 1. The van der Waals surface area contributed by atoms with Gasteiger partial charge in [-0.2, -0.15) is 4.72 Å². The average Bonchev–Trinajstić information content (AvgIpc) is 2.92. The number of hydrogen-bond donors (Lipinski definition) is 4. The van der Waals surface area contributed by atoms with Gasteiger partial charge < -0.3 is 5.32 Å². The van der Waals surface area contributed by atoms with E-state index in [-0.39, 0.29) is 25.6 Å². The van der Waals surface area contributed by atoms with Gasteiger partial charge in [-0.15, -0.1) is 0 Å². The highest BCUT2D eigenvalue weighted by atomic mass is 35.5. The van der Waals surface area contributed by atoms with E-state index in [9.17, 15) is 8.42 Å². The van der Waals surface area contributed by atoms with Crippen molar-refractivity contribution in [3.05, 3.63) is 17.2 Å². The fraction of sp³-hybridized carbons (Fsp3) is 0.538. The predicted molar refractivity (Wildman–Crippen MR) is 87.0 cm³/mol. The monoisotopic (exact) mass is 379 g/mol. The van der Waals surface area contributed by atoms with E-state index in [1.54, 1.807) is 0 Å². The first-order valence-corrected chi connectivity index (χ1v) is 9.97. The lowest BCUT2D eigenvalue weighted by atomic mass is 10.0. The number of anilines is 1. The second-order valence-corrected chi connectivity index (χ2v) is 8.87. The number of fused-ring (bicyclic) bond motifs is 1. The molecule has 0 saturated heterocycles. The van der Waals surface area contributed by atoms with Crippen molar-refractivity contribution in [2.45, 2.75) is 48.1 Å². The van der Waals surface area contributed by atoms with Gasteiger partial charge in [0.05, 0.1) is 16.9 Å². The molecule has 1 aromatic carbocycles. The standard InChI is InChI=1S/C13H18ClN3O4S2/c14-9-6-10-12(7-11(9)22-17(18)19)23(20,21)16-13(15-10)5-8-3-1-2-4-8/h6-8,13,15-16,18-19H,1-5H2. The van der Waals surface area contributed by atoms with Gasteiger partial charge in [0.15, 0.2) is 0 Å². The summed E-state index contributed by atoms with van der Waals surface area (Å²) in [7, 11) is -3.67. The van der Waals surface area contributed by atoms with Crippen LogP contribution in [0.5, 0.6) is 0 Å². The van der Waals surface area contributed by atoms with Crippen LogP contribution in [0.4, 0.5) is 5.69 Å². The van der Waals surface area contributed by atoms with Crippen LogP contribution in [-0.4, -0.2) is 29.6 Å². The van der Waals surface area contributed by atoms with Crippen molar-refractivity contribution in [1.29, 1.82) is 0 Å². The van der Waals surface area contributed by atoms with Crippen LogP contribution in [0.25, 0.3) is 0 Å². The Morgan fingerprint density at radius 3 is 2.65 bits per heavy atom. The highest BCUT2D eigenvalue weighted by molar-refractivity contribution is 7.96. The summed E-state index contributed by atoms with van der Waals surface area (Å²) in [6, 6.07) is 2.83. The molecule has 23 heavy (non-hydrogen) atoms. The molecule has 0 radical (unpaired) electrons. The molecule has 2 aliphatic rings. The molecule has 0 spiro atoms. The zero-order valence-electron chi connectivity index (χ0n) is 12.2. The van der Waals surface area contributed by atoms with E-state index in [4.69, 9.17) is 22.0 Å². The van der Waals surface area contributed by atoms with Gasteiger partial charge in [0, 0.05) is 16.8 Å². The Morgan fingerprint density at radius 2 is 2.00 bits per heavy atom. The molecule has 0 aromatic heterocycles. The Labute approximate surface area is 144 Å². The van der Waals surface area contributed by atoms with Crippen LogP contribution in [0.15, 0.2) is 21.9 Å². The molecule has 1 atom stereocenters. The van der Waals surface area contributed by atoms with Gasteiger partial charge in [-0.05, 0) is 29.1 Å². The maximum Gasteiger partial charge on any atom is 0.244 e. The van der Waals surface area contributed by atoms with Crippen LogP contribution in [0.2, 0.25) is 5.02 Å². The Bertz CT molecular complexity index is 693. The van der Waals surface area contributed by atoms with Crippen molar-refractivity contribution in [2.24, 2.45) is 5.92 Å². The summed E-state index contributed by atoms with van der Waals surface area (Å²) in [5.74, 6) is 0.527. The Hall–Kier alpha value is -0.550. The Kier molecular flexibility index (Phi) is 5.07. The zero-order valence-corrected chi connectivity index (χ0v) is 14.6. The first-order chi connectivity index (χ1) is 10.8. The van der Waals surface area contributed by atoms with Crippen molar-refractivity contribution < 1.29 is 18.8 Å². The first-order valence-electron chi connectivity index (χ1n) is 7.33. The smallest absolute Gasteiger partial charge is 0.244 e. The second-order valence-electron chi connectivity index (χ2n) is 5.83. The SMILES string of the molecule is O=S1(=O)NC(CC2CCCC2)Nc2cc(Cl)c(SN(O)O)cc21. The summed E-state index contributed by atoms with van der Waals surface area (Å²) in [5.41, 5.74) is 0.434. The number of nitrogens with one attached hydrogen (secondary N) is 2. The molecule has 4 N–H and O–H groups in total. The lowest BCUT2D eigenvalue weighted by Gasteiger charge is -2.30. The zero-order chi connectivity index (χ0) is 16.6. The molecule has 0 amide bonds. The van der Waals surface area contributed by atoms with E-state index in [0.29, 0.717) is 23.6 Å². The van der Waals surface area contributed by atoms with Gasteiger partial charge in [-0.3, -0.25) is 10.4 Å². The number of rotatable bonds is 4. The third-order valence-electron chi connectivity index (χ3n) is 4.17. The molecular formula is C13H18ClN3O4S2. The largest absolute Gasteiger partial charge is 0.368 e. The summed E-state index contributed by atoms with van der Waals surface area (Å²) in [6.45, 7) is 0. The molecule has 3 rings (SSSR count). The number of benzene rings is 1.